The molecule has 0 saturated carbocycles. The highest BCUT2D eigenvalue weighted by Crippen LogP contribution is 2.30. The smallest absolute Gasteiger partial charge is 0.224 e. The molecule has 28 heavy (non-hydrogen) atoms. The van der Waals surface area contributed by atoms with E-state index in [1.54, 1.807) is 12.1 Å². The number of nitrogens with zero attached hydrogens (tertiary/aromatic N) is 1. The van der Waals surface area contributed by atoms with Gasteiger partial charge >= 0.3 is 0 Å². The van der Waals surface area contributed by atoms with Gasteiger partial charge in [0.15, 0.2) is 11.6 Å². The lowest BCUT2D eigenvalue weighted by atomic mass is 9.88. The normalized spacial score (nSPS) is 18.5. The molecule has 1 amide bonds. The second-order valence-electron chi connectivity index (χ2n) is 7.59. The molecular weight excluding hydrogens is 366 g/mol. The molecule has 1 aliphatic heterocycles. The number of pyridine rings is 1. The van der Waals surface area contributed by atoms with Crippen molar-refractivity contribution in [3.05, 3.63) is 53.2 Å². The molecule has 0 bridgehead atoms. The first-order valence-electron chi connectivity index (χ1n) is 9.25. The molecule has 1 N–H and O–H groups in total. The van der Waals surface area contributed by atoms with Gasteiger partial charge in [-0.05, 0) is 51.3 Å². The Labute approximate surface area is 163 Å². The van der Waals surface area contributed by atoms with Crippen LogP contribution in [0, 0.1) is 24.5 Å². The number of benzene rings is 1. The molecule has 1 unspecified atom stereocenters. The molecule has 7 heteroatoms. The second kappa shape index (κ2) is 8.22. The Bertz CT molecular complexity index is 871. The van der Waals surface area contributed by atoms with Crippen molar-refractivity contribution in [1.82, 2.24) is 10.3 Å². The molecule has 1 aromatic carbocycles. The molecule has 2 heterocycles. The molecule has 1 fully saturated rings. The maximum Gasteiger partial charge on any atom is 0.224 e. The molecule has 2 aromatic rings. The first-order chi connectivity index (χ1) is 13.3. The van der Waals surface area contributed by atoms with E-state index < -0.39 is 11.6 Å². The highest BCUT2D eigenvalue weighted by molar-refractivity contribution is 5.78. The van der Waals surface area contributed by atoms with Crippen LogP contribution in [0.2, 0.25) is 0 Å². The fourth-order valence-electron chi connectivity index (χ4n) is 3.24. The molecule has 0 spiro atoms. The van der Waals surface area contributed by atoms with E-state index >= 15 is 0 Å². The molecule has 0 aliphatic carbocycles. The van der Waals surface area contributed by atoms with Crippen LogP contribution in [-0.4, -0.2) is 23.1 Å². The summed E-state index contributed by atoms with van der Waals surface area (Å²) >= 11 is 0. The number of aromatic nitrogens is 1. The Morgan fingerprint density at radius 2 is 2.11 bits per heavy atom. The van der Waals surface area contributed by atoms with Gasteiger partial charge in [-0.25, -0.2) is 9.37 Å². The Balaban J connectivity index is 1.69. The van der Waals surface area contributed by atoms with Crippen LogP contribution in [0.5, 0.6) is 11.6 Å². The van der Waals surface area contributed by atoms with Crippen LogP contribution in [0.1, 0.15) is 37.8 Å². The zero-order valence-corrected chi connectivity index (χ0v) is 16.2. The Hall–Kier alpha value is -2.54. The van der Waals surface area contributed by atoms with Gasteiger partial charge < -0.3 is 14.8 Å². The maximum absolute atomic E-state index is 14.1. The summed E-state index contributed by atoms with van der Waals surface area (Å²) in [4.78, 5) is 16.6. The summed E-state index contributed by atoms with van der Waals surface area (Å²) in [5.74, 6) is -2.35. The van der Waals surface area contributed by atoms with Gasteiger partial charge in [-0.15, -0.1) is 0 Å². The van der Waals surface area contributed by atoms with E-state index in [1.807, 2.05) is 13.8 Å². The van der Waals surface area contributed by atoms with Gasteiger partial charge in [0, 0.05) is 30.8 Å². The summed E-state index contributed by atoms with van der Waals surface area (Å²) in [5, 5.41) is 2.89. The third kappa shape index (κ3) is 4.65. The van der Waals surface area contributed by atoms with Gasteiger partial charge in [-0.3, -0.25) is 4.79 Å². The zero-order chi connectivity index (χ0) is 20.3. The Morgan fingerprint density at radius 1 is 1.32 bits per heavy atom. The average Bonchev–Trinajstić information content (AvgIpc) is 2.66. The van der Waals surface area contributed by atoms with Crippen molar-refractivity contribution in [3.63, 3.8) is 0 Å². The number of carbonyl (C=O) groups is 1. The number of ether oxygens (including phenoxy) is 2. The highest BCUT2D eigenvalue weighted by atomic mass is 19.2. The zero-order valence-electron chi connectivity index (χ0n) is 16.2. The lowest BCUT2D eigenvalue weighted by Gasteiger charge is -2.34. The summed E-state index contributed by atoms with van der Waals surface area (Å²) in [6.45, 7) is 6.13. The minimum absolute atomic E-state index is 0.0706. The third-order valence-corrected chi connectivity index (χ3v) is 4.82. The lowest BCUT2D eigenvalue weighted by Crippen LogP contribution is -2.41. The summed E-state index contributed by atoms with van der Waals surface area (Å²) in [6, 6.07) is 6.21. The van der Waals surface area contributed by atoms with Crippen molar-refractivity contribution in [2.45, 2.75) is 45.8 Å². The molecule has 150 valence electrons. The van der Waals surface area contributed by atoms with Crippen molar-refractivity contribution in [1.29, 1.82) is 0 Å². The number of carbonyl (C=O) groups excluding carboxylic acids is 1. The molecule has 1 atom stereocenters. The van der Waals surface area contributed by atoms with Crippen LogP contribution in [0.4, 0.5) is 8.78 Å². The minimum atomic E-state index is -1.06. The molecule has 1 aliphatic rings. The summed E-state index contributed by atoms with van der Waals surface area (Å²) in [6.07, 6.45) is 2.80. The number of nitrogens with one attached hydrogen (secondary N) is 1. The first kappa shape index (κ1) is 20.2. The van der Waals surface area contributed by atoms with E-state index in [0.717, 1.165) is 0 Å². The van der Waals surface area contributed by atoms with Crippen LogP contribution >= 0.6 is 0 Å². The average molecular weight is 390 g/mol. The minimum Gasteiger partial charge on any atom is -0.435 e. The Morgan fingerprint density at radius 3 is 2.86 bits per heavy atom. The van der Waals surface area contributed by atoms with Gasteiger partial charge in [0.2, 0.25) is 17.6 Å². The summed E-state index contributed by atoms with van der Waals surface area (Å²) in [7, 11) is 0. The molecule has 3 rings (SSSR count). The number of aryl methyl sites for hydroxylation is 1. The van der Waals surface area contributed by atoms with Gasteiger partial charge in [-0.2, -0.15) is 4.39 Å². The van der Waals surface area contributed by atoms with Crippen LogP contribution < -0.4 is 10.1 Å². The van der Waals surface area contributed by atoms with Crippen LogP contribution in [0.15, 0.2) is 30.5 Å². The molecule has 1 saturated heterocycles. The van der Waals surface area contributed by atoms with E-state index in [4.69, 9.17) is 9.47 Å². The van der Waals surface area contributed by atoms with Crippen LogP contribution in [0.25, 0.3) is 0 Å². The molecular formula is C21H24F2N2O3. The van der Waals surface area contributed by atoms with E-state index in [-0.39, 0.29) is 41.2 Å². The maximum atomic E-state index is 14.1. The van der Waals surface area contributed by atoms with E-state index in [1.165, 1.54) is 25.3 Å². The fraction of sp³-hybridized carbons (Fsp3) is 0.429. The number of halogens is 2. The monoisotopic (exact) mass is 390 g/mol. The van der Waals surface area contributed by atoms with E-state index in [0.29, 0.717) is 25.0 Å². The number of rotatable bonds is 5. The van der Waals surface area contributed by atoms with Gasteiger partial charge in [0.1, 0.15) is 0 Å². The van der Waals surface area contributed by atoms with Crippen molar-refractivity contribution < 1.29 is 23.0 Å². The van der Waals surface area contributed by atoms with Crippen molar-refractivity contribution in [2.24, 2.45) is 5.92 Å². The molecule has 0 radical (unpaired) electrons. The quantitative estimate of drug-likeness (QED) is 0.828. The van der Waals surface area contributed by atoms with Crippen molar-refractivity contribution in [2.75, 3.05) is 6.61 Å². The van der Waals surface area contributed by atoms with Crippen molar-refractivity contribution in [3.8, 4) is 11.6 Å². The van der Waals surface area contributed by atoms with Crippen LogP contribution in [-0.2, 0) is 16.1 Å². The topological polar surface area (TPSA) is 60.5 Å². The standard InChI is InChI=1S/C21H24F2N2O3/c1-13-6-7-16(18(23)17(13)22)28-20-15(5-4-9-24-20)12-25-19(26)14-8-10-27-21(2,3)11-14/h4-7,9,14H,8,10-12H2,1-3H3,(H,25,26). The third-order valence-electron chi connectivity index (χ3n) is 4.82. The predicted molar refractivity (Wildman–Crippen MR) is 100 cm³/mol. The molecule has 1 aromatic heterocycles. The largest absolute Gasteiger partial charge is 0.435 e. The highest BCUT2D eigenvalue weighted by Gasteiger charge is 2.32. The second-order valence-corrected chi connectivity index (χ2v) is 7.59. The molecule has 5 nitrogen and oxygen atoms in total. The lowest BCUT2D eigenvalue weighted by molar-refractivity contribution is -0.135. The van der Waals surface area contributed by atoms with E-state index in [2.05, 4.69) is 10.3 Å². The van der Waals surface area contributed by atoms with Gasteiger partial charge in [0.25, 0.3) is 0 Å². The Kier molecular flexibility index (Phi) is 5.93. The van der Waals surface area contributed by atoms with Crippen LogP contribution in [0.3, 0.4) is 0 Å². The fourth-order valence-corrected chi connectivity index (χ4v) is 3.24. The van der Waals surface area contributed by atoms with Crippen molar-refractivity contribution >= 4 is 5.91 Å². The van der Waals surface area contributed by atoms with Gasteiger partial charge in [0.05, 0.1) is 5.60 Å². The first-order valence-corrected chi connectivity index (χ1v) is 9.25. The SMILES string of the molecule is Cc1ccc(Oc2ncccc2CNC(=O)C2CCOC(C)(C)C2)c(F)c1F. The predicted octanol–water partition coefficient (Wildman–Crippen LogP) is 4.28. The van der Waals surface area contributed by atoms with E-state index in [9.17, 15) is 13.6 Å². The summed E-state index contributed by atoms with van der Waals surface area (Å²) in [5.41, 5.74) is 0.441. The number of hydrogen-bond acceptors (Lipinski definition) is 4. The number of hydrogen-bond donors (Lipinski definition) is 1. The number of amides is 1. The van der Waals surface area contributed by atoms with Gasteiger partial charge in [-0.1, -0.05) is 12.1 Å². The summed E-state index contributed by atoms with van der Waals surface area (Å²) < 4.78 is 39.0.